The zero-order valence-corrected chi connectivity index (χ0v) is 19.4. The summed E-state index contributed by atoms with van der Waals surface area (Å²) in [4.78, 5) is 16.9. The average molecular weight is 468 g/mol. The average Bonchev–Trinajstić information content (AvgIpc) is 2.81. The number of para-hydroxylation sites is 1. The molecule has 1 N–H and O–H groups in total. The van der Waals surface area contributed by atoms with Gasteiger partial charge in [-0.15, -0.1) is 0 Å². The fourth-order valence-electron chi connectivity index (χ4n) is 3.86. The SMILES string of the molecule is Cc1ccc(NS(=O)(=O)c2ccc(C)c(C(=O)N3CCN(c4ccccc4F)CC3)c2)cc1. The zero-order valence-electron chi connectivity index (χ0n) is 18.6. The van der Waals surface area contributed by atoms with Crippen molar-refractivity contribution in [2.24, 2.45) is 0 Å². The van der Waals surface area contributed by atoms with Crippen LogP contribution in [0.2, 0.25) is 0 Å². The largest absolute Gasteiger partial charge is 0.366 e. The van der Waals surface area contributed by atoms with Crippen LogP contribution >= 0.6 is 0 Å². The van der Waals surface area contributed by atoms with Crippen LogP contribution in [0, 0.1) is 19.7 Å². The highest BCUT2D eigenvalue weighted by Crippen LogP contribution is 2.23. The fourth-order valence-corrected chi connectivity index (χ4v) is 4.95. The minimum Gasteiger partial charge on any atom is -0.366 e. The van der Waals surface area contributed by atoms with Crippen LogP contribution in [-0.2, 0) is 10.0 Å². The molecule has 1 aliphatic heterocycles. The predicted molar refractivity (Wildman–Crippen MR) is 128 cm³/mol. The van der Waals surface area contributed by atoms with Gasteiger partial charge in [0.15, 0.2) is 0 Å². The lowest BCUT2D eigenvalue weighted by molar-refractivity contribution is 0.0745. The highest BCUT2D eigenvalue weighted by molar-refractivity contribution is 7.92. The lowest BCUT2D eigenvalue weighted by Crippen LogP contribution is -2.49. The molecule has 0 aromatic heterocycles. The van der Waals surface area contributed by atoms with Gasteiger partial charge in [0.1, 0.15) is 5.82 Å². The summed E-state index contributed by atoms with van der Waals surface area (Å²) in [5, 5.41) is 0. The van der Waals surface area contributed by atoms with E-state index in [0.717, 1.165) is 5.56 Å². The van der Waals surface area contributed by atoms with Crippen molar-refractivity contribution < 1.29 is 17.6 Å². The number of aryl methyl sites for hydroxylation is 2. The number of rotatable bonds is 5. The Morgan fingerprint density at radius 2 is 1.58 bits per heavy atom. The van der Waals surface area contributed by atoms with E-state index in [2.05, 4.69) is 4.72 Å². The van der Waals surface area contributed by atoms with Crippen LogP contribution < -0.4 is 9.62 Å². The van der Waals surface area contributed by atoms with E-state index in [4.69, 9.17) is 0 Å². The molecule has 0 spiro atoms. The Labute approximate surface area is 193 Å². The quantitative estimate of drug-likeness (QED) is 0.611. The van der Waals surface area contributed by atoms with Crippen LogP contribution in [0.25, 0.3) is 0 Å². The number of hydrogen-bond acceptors (Lipinski definition) is 4. The minimum atomic E-state index is -3.85. The molecule has 0 bridgehead atoms. The maximum atomic E-state index is 14.1. The Hall–Kier alpha value is -3.39. The zero-order chi connectivity index (χ0) is 23.6. The first-order valence-electron chi connectivity index (χ1n) is 10.7. The van der Waals surface area contributed by atoms with Crippen molar-refractivity contribution in [3.63, 3.8) is 0 Å². The molecule has 6 nitrogen and oxygen atoms in total. The van der Waals surface area contributed by atoms with Crippen molar-refractivity contribution in [3.05, 3.63) is 89.2 Å². The lowest BCUT2D eigenvalue weighted by Gasteiger charge is -2.36. The van der Waals surface area contributed by atoms with Gasteiger partial charge in [-0.25, -0.2) is 12.8 Å². The Bertz CT molecular complexity index is 1270. The number of amides is 1. The highest BCUT2D eigenvalue weighted by Gasteiger charge is 2.26. The van der Waals surface area contributed by atoms with Crippen LogP contribution in [0.1, 0.15) is 21.5 Å². The van der Waals surface area contributed by atoms with E-state index in [1.54, 1.807) is 48.2 Å². The summed E-state index contributed by atoms with van der Waals surface area (Å²) in [5.41, 5.74) is 3.05. The first kappa shape index (κ1) is 22.8. The third-order valence-electron chi connectivity index (χ3n) is 5.81. The summed E-state index contributed by atoms with van der Waals surface area (Å²) in [6, 6.07) is 18.2. The van der Waals surface area contributed by atoms with E-state index in [9.17, 15) is 17.6 Å². The van der Waals surface area contributed by atoms with E-state index < -0.39 is 10.0 Å². The van der Waals surface area contributed by atoms with Gasteiger partial charge in [-0.1, -0.05) is 35.9 Å². The third-order valence-corrected chi connectivity index (χ3v) is 7.19. The number of hydrogen-bond donors (Lipinski definition) is 1. The molecular weight excluding hydrogens is 441 g/mol. The summed E-state index contributed by atoms with van der Waals surface area (Å²) in [5.74, 6) is -0.514. The van der Waals surface area contributed by atoms with Gasteiger partial charge in [-0.2, -0.15) is 0 Å². The normalized spacial score (nSPS) is 14.3. The van der Waals surface area contributed by atoms with Gasteiger partial charge >= 0.3 is 0 Å². The van der Waals surface area contributed by atoms with Crippen LogP contribution in [0.4, 0.5) is 15.8 Å². The van der Waals surface area contributed by atoms with Gasteiger partial charge in [0, 0.05) is 37.4 Å². The van der Waals surface area contributed by atoms with Gasteiger partial charge in [0.25, 0.3) is 15.9 Å². The van der Waals surface area contributed by atoms with Crippen LogP contribution in [0.3, 0.4) is 0 Å². The Morgan fingerprint density at radius 3 is 2.24 bits per heavy atom. The van der Waals surface area contributed by atoms with E-state index in [0.29, 0.717) is 48.7 Å². The second-order valence-corrected chi connectivity index (χ2v) is 9.86. The summed E-state index contributed by atoms with van der Waals surface area (Å²) in [7, 11) is -3.85. The molecule has 1 heterocycles. The molecule has 33 heavy (non-hydrogen) atoms. The molecule has 1 amide bonds. The topological polar surface area (TPSA) is 69.7 Å². The Kier molecular flexibility index (Phi) is 6.37. The van der Waals surface area contributed by atoms with Crippen LogP contribution in [-0.4, -0.2) is 45.4 Å². The standard InChI is InChI=1S/C25H26FN3O3S/c1-18-7-10-20(11-8-18)27-33(31,32)21-12-9-19(2)22(17-21)25(30)29-15-13-28(14-16-29)24-6-4-3-5-23(24)26/h3-12,17,27H,13-16H2,1-2H3. The molecule has 0 saturated carbocycles. The van der Waals surface area contributed by atoms with Crippen LogP contribution in [0.15, 0.2) is 71.6 Å². The van der Waals surface area contributed by atoms with Crippen molar-refractivity contribution >= 4 is 27.3 Å². The number of sulfonamides is 1. The van der Waals surface area contributed by atoms with E-state index in [1.807, 2.05) is 24.0 Å². The number of piperazine rings is 1. The molecule has 8 heteroatoms. The fraction of sp³-hybridized carbons (Fsp3) is 0.240. The second-order valence-electron chi connectivity index (χ2n) is 8.18. The van der Waals surface area contributed by atoms with Crippen molar-refractivity contribution in [3.8, 4) is 0 Å². The molecule has 3 aromatic rings. The summed E-state index contributed by atoms with van der Waals surface area (Å²) in [6.45, 7) is 5.55. The molecule has 0 unspecified atom stereocenters. The predicted octanol–water partition coefficient (Wildman–Crippen LogP) is 4.21. The molecular formula is C25H26FN3O3S. The maximum absolute atomic E-state index is 14.1. The third kappa shape index (κ3) is 5.01. The van der Waals surface area contributed by atoms with Gasteiger partial charge in [0.2, 0.25) is 0 Å². The number of carbonyl (C=O) groups is 1. The summed E-state index contributed by atoms with van der Waals surface area (Å²) < 4.78 is 42.5. The van der Waals surface area contributed by atoms with Crippen molar-refractivity contribution in [1.29, 1.82) is 0 Å². The van der Waals surface area contributed by atoms with Crippen molar-refractivity contribution in [1.82, 2.24) is 4.90 Å². The van der Waals surface area contributed by atoms with Gasteiger partial charge in [-0.3, -0.25) is 9.52 Å². The van der Waals surface area contributed by atoms with E-state index in [-0.39, 0.29) is 16.6 Å². The molecule has 1 saturated heterocycles. The minimum absolute atomic E-state index is 0.0296. The molecule has 1 fully saturated rings. The monoisotopic (exact) mass is 467 g/mol. The number of benzene rings is 3. The number of carbonyl (C=O) groups excluding carboxylic acids is 1. The number of anilines is 2. The first-order valence-corrected chi connectivity index (χ1v) is 12.2. The molecule has 0 atom stereocenters. The van der Waals surface area contributed by atoms with Gasteiger partial charge in [0.05, 0.1) is 10.6 Å². The molecule has 172 valence electrons. The van der Waals surface area contributed by atoms with Gasteiger partial charge < -0.3 is 9.80 Å². The maximum Gasteiger partial charge on any atom is 0.261 e. The molecule has 1 aliphatic rings. The summed E-state index contributed by atoms with van der Waals surface area (Å²) in [6.07, 6.45) is 0. The van der Waals surface area contributed by atoms with Crippen LogP contribution in [0.5, 0.6) is 0 Å². The molecule has 3 aromatic carbocycles. The molecule has 0 radical (unpaired) electrons. The van der Waals surface area contributed by atoms with Gasteiger partial charge in [-0.05, 0) is 55.8 Å². The molecule has 0 aliphatic carbocycles. The number of nitrogens with one attached hydrogen (secondary N) is 1. The smallest absolute Gasteiger partial charge is 0.261 e. The van der Waals surface area contributed by atoms with Crippen molar-refractivity contribution in [2.75, 3.05) is 35.8 Å². The first-order chi connectivity index (χ1) is 15.7. The summed E-state index contributed by atoms with van der Waals surface area (Å²) >= 11 is 0. The second kappa shape index (κ2) is 9.23. The number of halogens is 1. The lowest BCUT2D eigenvalue weighted by atomic mass is 10.1. The molecule has 4 rings (SSSR count). The number of nitrogens with zero attached hydrogens (tertiary/aromatic N) is 2. The van der Waals surface area contributed by atoms with E-state index >= 15 is 0 Å². The van der Waals surface area contributed by atoms with E-state index in [1.165, 1.54) is 18.2 Å². The van der Waals surface area contributed by atoms with Crippen molar-refractivity contribution in [2.45, 2.75) is 18.7 Å². The highest BCUT2D eigenvalue weighted by atomic mass is 32.2. The Balaban J connectivity index is 1.50. The Morgan fingerprint density at radius 1 is 0.909 bits per heavy atom.